The molecule has 1 saturated heterocycles. The maximum Gasteiger partial charge on any atom is 0.310 e. The van der Waals surface area contributed by atoms with Gasteiger partial charge in [0.2, 0.25) is 0 Å². The number of hydrogen-bond donors (Lipinski definition) is 1. The normalized spacial score (nSPS) is 25.7. The minimum atomic E-state index is -1.18. The minimum absolute atomic E-state index is 0.112. The van der Waals surface area contributed by atoms with E-state index in [1.807, 2.05) is 12.2 Å². The third kappa shape index (κ3) is 10.6. The third-order valence-electron chi connectivity index (χ3n) is 6.27. The highest BCUT2D eigenvalue weighted by atomic mass is 35.5. The van der Waals surface area contributed by atoms with Crippen LogP contribution >= 0.6 is 11.6 Å². The van der Waals surface area contributed by atoms with E-state index in [0.29, 0.717) is 41.9 Å². The number of fused-ring (bicyclic) bond motifs is 2. The largest absolute Gasteiger partial charge is 0.460 e. The number of Topliss-reactive ketones (excluding diaryl/α,β-unsaturated/α-hetero) is 1. The number of ether oxygens (including phenoxy) is 4. The smallest absolute Gasteiger partial charge is 0.310 e. The zero-order valence-electron chi connectivity index (χ0n) is 22.4. The van der Waals surface area contributed by atoms with Crippen molar-refractivity contribution in [3.8, 4) is 0 Å². The van der Waals surface area contributed by atoms with Crippen molar-refractivity contribution in [1.82, 2.24) is 0 Å². The van der Waals surface area contributed by atoms with Gasteiger partial charge in [0.15, 0.2) is 5.78 Å². The van der Waals surface area contributed by atoms with E-state index in [1.54, 1.807) is 13.8 Å². The van der Waals surface area contributed by atoms with Crippen LogP contribution in [0, 0.1) is 0 Å². The molecule has 2 bridgehead atoms. The summed E-state index contributed by atoms with van der Waals surface area (Å²) in [5, 5.41) is 11.6. The van der Waals surface area contributed by atoms with Crippen LogP contribution in [0.3, 0.4) is 0 Å². The van der Waals surface area contributed by atoms with Gasteiger partial charge in [-0.05, 0) is 45.6 Å². The molecule has 10 heteroatoms. The Morgan fingerprint density at radius 3 is 2.63 bits per heavy atom. The van der Waals surface area contributed by atoms with Crippen LogP contribution in [-0.2, 0) is 38.1 Å². The molecule has 0 amide bonds. The van der Waals surface area contributed by atoms with Gasteiger partial charge in [0, 0.05) is 23.9 Å². The summed E-state index contributed by atoms with van der Waals surface area (Å²) in [5.41, 5.74) is 1.40. The number of esters is 3. The predicted molar refractivity (Wildman–Crippen MR) is 140 cm³/mol. The maximum atomic E-state index is 12.8. The van der Waals surface area contributed by atoms with Gasteiger partial charge in [0.1, 0.15) is 31.0 Å². The van der Waals surface area contributed by atoms with Gasteiger partial charge in [0.25, 0.3) is 0 Å². The van der Waals surface area contributed by atoms with Gasteiger partial charge in [-0.1, -0.05) is 42.0 Å². The third-order valence-corrected chi connectivity index (χ3v) is 6.61. The monoisotopic (exact) mass is 552 g/mol. The Morgan fingerprint density at radius 2 is 1.97 bits per heavy atom. The molecule has 210 valence electrons. The molecule has 0 aromatic rings. The molecule has 0 aromatic heterocycles. The van der Waals surface area contributed by atoms with Crippen LogP contribution < -0.4 is 0 Å². The van der Waals surface area contributed by atoms with Crippen LogP contribution in [-0.4, -0.2) is 65.9 Å². The predicted octanol–water partition coefficient (Wildman–Crippen LogP) is 4.02. The maximum absolute atomic E-state index is 12.8. The summed E-state index contributed by atoms with van der Waals surface area (Å²) in [7, 11) is 0. The summed E-state index contributed by atoms with van der Waals surface area (Å²) in [4.78, 5) is 47.8. The van der Waals surface area contributed by atoms with Crippen LogP contribution in [0.1, 0.15) is 66.2 Å². The van der Waals surface area contributed by atoms with Crippen LogP contribution in [0.4, 0.5) is 0 Å². The van der Waals surface area contributed by atoms with E-state index in [1.165, 1.54) is 19.9 Å². The first-order valence-electron chi connectivity index (χ1n) is 12.6. The Kier molecular flexibility index (Phi) is 12.4. The molecule has 2 aliphatic heterocycles. The fourth-order valence-electron chi connectivity index (χ4n) is 4.12. The Morgan fingerprint density at radius 1 is 1.26 bits per heavy atom. The molecule has 0 spiro atoms. The van der Waals surface area contributed by atoms with Gasteiger partial charge >= 0.3 is 17.9 Å². The van der Waals surface area contributed by atoms with Crippen molar-refractivity contribution in [3.05, 3.63) is 46.6 Å². The van der Waals surface area contributed by atoms with Gasteiger partial charge in [-0.25, -0.2) is 0 Å². The molecule has 38 heavy (non-hydrogen) atoms. The molecule has 0 saturated carbocycles. The average molecular weight is 553 g/mol. The molecule has 1 fully saturated rings. The molecule has 0 aromatic carbocycles. The number of halogens is 1. The molecule has 9 nitrogen and oxygen atoms in total. The van der Waals surface area contributed by atoms with E-state index in [2.05, 4.69) is 6.58 Å². The number of hydrogen-bond acceptors (Lipinski definition) is 9. The van der Waals surface area contributed by atoms with Crippen LogP contribution in [0.15, 0.2) is 46.6 Å². The first-order chi connectivity index (χ1) is 17.8. The molecule has 0 radical (unpaired) electrons. The van der Waals surface area contributed by atoms with Crippen molar-refractivity contribution in [1.29, 1.82) is 0 Å². The van der Waals surface area contributed by atoms with Crippen LogP contribution in [0.5, 0.6) is 0 Å². The summed E-state index contributed by atoms with van der Waals surface area (Å²) >= 11 is 6.37. The minimum Gasteiger partial charge on any atom is -0.460 e. The molecule has 5 atom stereocenters. The molecule has 0 aliphatic carbocycles. The molecule has 2 aliphatic rings. The lowest BCUT2D eigenvalue weighted by Crippen LogP contribution is -2.37. The quantitative estimate of drug-likeness (QED) is 0.206. The number of aliphatic hydroxyl groups is 1. The second kappa shape index (κ2) is 15.0. The highest BCUT2D eigenvalue weighted by Gasteiger charge is 2.41. The number of carbonyl (C=O) groups excluding carboxylic acids is 4. The Hall–Kier alpha value is -2.75. The summed E-state index contributed by atoms with van der Waals surface area (Å²) in [6.07, 6.45) is 2.95. The van der Waals surface area contributed by atoms with Gasteiger partial charge in [0.05, 0.1) is 18.9 Å². The lowest BCUT2D eigenvalue weighted by Gasteiger charge is -2.24. The highest BCUT2D eigenvalue weighted by Crippen LogP contribution is 2.31. The fraction of sp³-hybridized carbons (Fsp3) is 0.571. The van der Waals surface area contributed by atoms with E-state index in [0.717, 1.165) is 0 Å². The number of carbonyl (C=O) groups is 4. The fourth-order valence-corrected chi connectivity index (χ4v) is 4.32. The summed E-state index contributed by atoms with van der Waals surface area (Å²) < 4.78 is 22.1. The number of aliphatic hydroxyl groups excluding tert-OH is 1. The number of ketones is 1. The zero-order chi connectivity index (χ0) is 28.4. The van der Waals surface area contributed by atoms with E-state index >= 15 is 0 Å². The van der Waals surface area contributed by atoms with Crippen molar-refractivity contribution in [3.63, 3.8) is 0 Å². The van der Waals surface area contributed by atoms with Crippen molar-refractivity contribution in [2.24, 2.45) is 0 Å². The standard InChI is InChI=1S/C28H37ClO9/c1-16(12-26(33)35-15-18(3)19(4)30)11-23(32)28-25-13-22(37-28)10-9-21(29)8-6-7-17(2)24(36-20(5)31)14-27(34)38-25/h7-8,11,22-25,28,32H,3,6,9-10,12-15H2,1-2,4-5H3. The molecule has 5 unspecified atom stereocenters. The molecular formula is C28H37ClO9. The Bertz CT molecular complexity index is 1010. The van der Waals surface area contributed by atoms with Crippen LogP contribution in [0.25, 0.3) is 0 Å². The first kappa shape index (κ1) is 31.5. The van der Waals surface area contributed by atoms with Crippen molar-refractivity contribution >= 4 is 35.3 Å². The van der Waals surface area contributed by atoms with Crippen molar-refractivity contribution in [2.75, 3.05) is 6.61 Å². The van der Waals surface area contributed by atoms with Crippen molar-refractivity contribution in [2.45, 2.75) is 96.7 Å². The Labute approximate surface area is 228 Å². The van der Waals surface area contributed by atoms with Crippen LogP contribution in [0.2, 0.25) is 0 Å². The van der Waals surface area contributed by atoms with E-state index in [4.69, 9.17) is 30.5 Å². The Balaban J connectivity index is 2.15. The molecular weight excluding hydrogens is 516 g/mol. The molecule has 2 rings (SSSR count). The van der Waals surface area contributed by atoms with Crippen molar-refractivity contribution < 1.29 is 43.2 Å². The number of allylic oxidation sites excluding steroid dienone is 3. The first-order valence-corrected chi connectivity index (χ1v) is 13.0. The topological polar surface area (TPSA) is 125 Å². The molecule has 1 N–H and O–H groups in total. The van der Waals surface area contributed by atoms with E-state index in [-0.39, 0.29) is 36.9 Å². The van der Waals surface area contributed by atoms with Gasteiger partial charge < -0.3 is 24.1 Å². The van der Waals surface area contributed by atoms with E-state index in [9.17, 15) is 24.3 Å². The molecule has 2 heterocycles. The summed E-state index contributed by atoms with van der Waals surface area (Å²) in [6, 6.07) is 0. The average Bonchev–Trinajstić information content (AvgIpc) is 3.22. The second-order valence-electron chi connectivity index (χ2n) is 9.66. The SMILES string of the molecule is C=C(COC(=O)CC(C)=CC(O)C1OC2CCC(Cl)=CCC=C(C)C(OC(C)=O)CC(=O)OC1C2)C(C)=O. The lowest BCUT2D eigenvalue weighted by molar-refractivity contribution is -0.159. The summed E-state index contributed by atoms with van der Waals surface area (Å²) in [6.45, 7) is 9.37. The zero-order valence-corrected chi connectivity index (χ0v) is 23.1. The van der Waals surface area contributed by atoms with Gasteiger partial charge in [-0.3, -0.25) is 19.2 Å². The summed E-state index contributed by atoms with van der Waals surface area (Å²) in [5.74, 6) is -1.95. The number of rotatable bonds is 8. The van der Waals surface area contributed by atoms with Gasteiger partial charge in [-0.15, -0.1) is 0 Å². The van der Waals surface area contributed by atoms with Gasteiger partial charge in [-0.2, -0.15) is 0 Å². The highest BCUT2D eigenvalue weighted by molar-refractivity contribution is 6.29. The lowest BCUT2D eigenvalue weighted by atomic mass is 10.0. The van der Waals surface area contributed by atoms with E-state index < -0.39 is 42.3 Å². The second-order valence-corrected chi connectivity index (χ2v) is 10.1.